The molecular formula is C23H35N3O7. The second-order valence-electron chi connectivity index (χ2n) is 9.87. The molecule has 4 amide bonds. The molecule has 0 spiro atoms. The highest BCUT2D eigenvalue weighted by atomic mass is 16.7. The lowest BCUT2D eigenvalue weighted by atomic mass is 9.85. The monoisotopic (exact) mass is 465 g/mol. The Bertz CT molecular complexity index is 903. The van der Waals surface area contributed by atoms with E-state index in [1.54, 1.807) is 26.8 Å². The molecule has 1 saturated heterocycles. The number of hydrogen-bond acceptors (Lipinski definition) is 7. The molecule has 0 bridgehead atoms. The van der Waals surface area contributed by atoms with Gasteiger partial charge in [-0.1, -0.05) is 20.8 Å². The van der Waals surface area contributed by atoms with Crippen molar-refractivity contribution in [3.63, 3.8) is 0 Å². The summed E-state index contributed by atoms with van der Waals surface area (Å²) < 4.78 is 21.7. The molecule has 1 N–H and O–H groups in total. The minimum absolute atomic E-state index is 0.0273. The van der Waals surface area contributed by atoms with E-state index in [1.165, 1.54) is 26.2 Å². The maximum atomic E-state index is 13.3. The highest BCUT2D eigenvalue weighted by Gasteiger charge is 2.46. The van der Waals surface area contributed by atoms with Crippen molar-refractivity contribution >= 4 is 23.7 Å². The fourth-order valence-electron chi connectivity index (χ4n) is 3.33. The molecule has 0 radical (unpaired) electrons. The fraction of sp³-hybridized carbons (Fsp3) is 0.609. The number of ether oxygens (including phenoxy) is 4. The van der Waals surface area contributed by atoms with Crippen LogP contribution in [0.25, 0.3) is 0 Å². The molecule has 0 aromatic heterocycles. The summed E-state index contributed by atoms with van der Waals surface area (Å²) in [6.07, 6.45) is 0. The molecule has 10 heteroatoms. The molecular weight excluding hydrogens is 430 g/mol. The Balaban J connectivity index is 2.46. The average Bonchev–Trinajstić information content (AvgIpc) is 2.99. The summed E-state index contributed by atoms with van der Waals surface area (Å²) in [5.74, 6) is 0.216. The second-order valence-corrected chi connectivity index (χ2v) is 9.87. The molecule has 0 aliphatic carbocycles. The predicted molar refractivity (Wildman–Crippen MR) is 123 cm³/mol. The molecule has 0 saturated carbocycles. The topological polar surface area (TPSA) is 107 Å². The standard InChI is InChI=1S/C23H35N3O7/c1-22(2,3)15-10-14(31-9)11-16(18(15)32-13-30-8)24-20(28)26-17(12-25(7)21(26)29)19(27)33-23(4,5)6/h10-11,17H,12-13H2,1-9H3,(H,24,28)/t17-/m0/s1. The number of anilines is 1. The van der Waals surface area contributed by atoms with Crippen LogP contribution in [0.15, 0.2) is 12.1 Å². The van der Waals surface area contributed by atoms with E-state index in [-0.39, 0.29) is 24.4 Å². The van der Waals surface area contributed by atoms with E-state index in [2.05, 4.69) is 5.32 Å². The third-order valence-electron chi connectivity index (χ3n) is 4.86. The van der Waals surface area contributed by atoms with Gasteiger partial charge in [-0.2, -0.15) is 0 Å². The van der Waals surface area contributed by atoms with E-state index >= 15 is 0 Å². The highest BCUT2D eigenvalue weighted by Crippen LogP contribution is 2.41. The smallest absolute Gasteiger partial charge is 0.331 e. The number of hydrogen-bond donors (Lipinski definition) is 1. The minimum atomic E-state index is -1.09. The quantitative estimate of drug-likeness (QED) is 0.505. The zero-order valence-corrected chi connectivity index (χ0v) is 20.9. The maximum absolute atomic E-state index is 13.3. The molecule has 10 nitrogen and oxygen atoms in total. The van der Waals surface area contributed by atoms with Gasteiger partial charge in [0.15, 0.2) is 12.8 Å². The van der Waals surface area contributed by atoms with E-state index in [1.807, 2.05) is 26.8 Å². The fourth-order valence-corrected chi connectivity index (χ4v) is 3.33. The van der Waals surface area contributed by atoms with Crippen molar-refractivity contribution in [3.8, 4) is 11.5 Å². The van der Waals surface area contributed by atoms with Crippen molar-refractivity contribution in [2.75, 3.05) is 39.9 Å². The molecule has 1 aromatic rings. The number of imide groups is 1. The number of methoxy groups -OCH3 is 2. The summed E-state index contributed by atoms with van der Waals surface area (Å²) in [4.78, 5) is 40.9. The molecule has 184 valence electrons. The Morgan fingerprint density at radius 3 is 2.27 bits per heavy atom. The van der Waals surface area contributed by atoms with Crippen LogP contribution in [0.1, 0.15) is 47.1 Å². The van der Waals surface area contributed by atoms with Gasteiger partial charge < -0.3 is 29.2 Å². The third-order valence-corrected chi connectivity index (χ3v) is 4.86. The van der Waals surface area contributed by atoms with E-state index in [0.29, 0.717) is 11.5 Å². The van der Waals surface area contributed by atoms with Crippen LogP contribution < -0.4 is 14.8 Å². The molecule has 33 heavy (non-hydrogen) atoms. The first kappa shape index (κ1) is 26.2. The number of nitrogens with one attached hydrogen (secondary N) is 1. The molecule has 1 fully saturated rings. The number of carbonyl (C=O) groups is 3. The SMILES string of the molecule is COCOc1c(NC(=O)N2C(=O)N(C)C[C@H]2C(=O)OC(C)(C)C)cc(OC)cc1C(C)(C)C. The Labute approximate surface area is 195 Å². The van der Waals surface area contributed by atoms with Gasteiger partial charge in [-0.25, -0.2) is 19.3 Å². The molecule has 1 aromatic carbocycles. The van der Waals surface area contributed by atoms with Crippen LogP contribution >= 0.6 is 0 Å². The Morgan fingerprint density at radius 1 is 1.12 bits per heavy atom. The predicted octanol–water partition coefficient (Wildman–Crippen LogP) is 3.59. The molecule has 1 aliphatic rings. The van der Waals surface area contributed by atoms with Gasteiger partial charge in [0.2, 0.25) is 0 Å². The number of esters is 1. The molecule has 0 unspecified atom stereocenters. The second kappa shape index (κ2) is 9.86. The number of amides is 4. The summed E-state index contributed by atoms with van der Waals surface area (Å²) in [6.45, 7) is 11.1. The van der Waals surface area contributed by atoms with Crippen LogP contribution in [-0.2, 0) is 19.7 Å². The van der Waals surface area contributed by atoms with Crippen LogP contribution in [0.4, 0.5) is 15.3 Å². The number of nitrogens with zero attached hydrogens (tertiary/aromatic N) is 2. The summed E-state index contributed by atoms with van der Waals surface area (Å²) in [7, 11) is 4.52. The lowest BCUT2D eigenvalue weighted by Gasteiger charge is -2.27. The van der Waals surface area contributed by atoms with E-state index in [0.717, 1.165) is 10.5 Å². The molecule has 1 aliphatic heterocycles. The first-order valence-electron chi connectivity index (χ1n) is 10.6. The summed E-state index contributed by atoms with van der Waals surface area (Å²) in [6, 6.07) is 0.930. The van der Waals surface area contributed by atoms with E-state index in [9.17, 15) is 14.4 Å². The lowest BCUT2D eigenvalue weighted by molar-refractivity contribution is -0.158. The zero-order chi connectivity index (χ0) is 25.1. The number of likely N-dealkylation sites (N-methyl/N-ethyl adjacent to an activating group) is 1. The van der Waals surface area contributed by atoms with Gasteiger partial charge in [0.25, 0.3) is 0 Å². The van der Waals surface area contributed by atoms with Gasteiger partial charge in [0, 0.05) is 25.8 Å². The van der Waals surface area contributed by atoms with E-state index in [4.69, 9.17) is 18.9 Å². The van der Waals surface area contributed by atoms with Crippen molar-refractivity contribution in [1.82, 2.24) is 9.80 Å². The van der Waals surface area contributed by atoms with E-state index < -0.39 is 29.7 Å². The summed E-state index contributed by atoms with van der Waals surface area (Å²) in [5, 5.41) is 2.72. The van der Waals surface area contributed by atoms with Crippen LogP contribution in [0.5, 0.6) is 11.5 Å². The molecule has 1 atom stereocenters. The minimum Gasteiger partial charge on any atom is -0.497 e. The van der Waals surface area contributed by atoms with Gasteiger partial charge in [-0.3, -0.25) is 0 Å². The average molecular weight is 466 g/mol. The highest BCUT2D eigenvalue weighted by molar-refractivity contribution is 6.06. The Kier molecular flexibility index (Phi) is 7.84. The largest absolute Gasteiger partial charge is 0.497 e. The van der Waals surface area contributed by atoms with Gasteiger partial charge >= 0.3 is 18.0 Å². The van der Waals surface area contributed by atoms with Crippen molar-refractivity contribution in [2.45, 2.75) is 58.6 Å². The van der Waals surface area contributed by atoms with Gasteiger partial charge in [-0.05, 0) is 32.3 Å². The third kappa shape index (κ3) is 6.28. The van der Waals surface area contributed by atoms with Crippen molar-refractivity contribution in [2.24, 2.45) is 0 Å². The lowest BCUT2D eigenvalue weighted by Crippen LogP contribution is -2.48. The maximum Gasteiger partial charge on any atom is 0.331 e. The first-order valence-corrected chi connectivity index (χ1v) is 10.6. The zero-order valence-electron chi connectivity index (χ0n) is 20.9. The Hall–Kier alpha value is -3.01. The van der Waals surface area contributed by atoms with Crippen LogP contribution in [0.2, 0.25) is 0 Å². The molecule has 1 heterocycles. The number of rotatable bonds is 6. The Morgan fingerprint density at radius 2 is 1.76 bits per heavy atom. The van der Waals surface area contributed by atoms with Crippen molar-refractivity contribution in [1.29, 1.82) is 0 Å². The number of urea groups is 2. The number of carbonyl (C=O) groups excluding carboxylic acids is 3. The van der Waals surface area contributed by atoms with Crippen LogP contribution in [0.3, 0.4) is 0 Å². The normalized spacial score (nSPS) is 16.6. The van der Waals surface area contributed by atoms with Crippen molar-refractivity contribution in [3.05, 3.63) is 17.7 Å². The van der Waals surface area contributed by atoms with Crippen LogP contribution in [-0.4, -0.2) is 74.1 Å². The van der Waals surface area contributed by atoms with Gasteiger partial charge in [0.05, 0.1) is 19.3 Å². The van der Waals surface area contributed by atoms with Gasteiger partial charge in [-0.15, -0.1) is 0 Å². The summed E-state index contributed by atoms with van der Waals surface area (Å²) >= 11 is 0. The van der Waals surface area contributed by atoms with Crippen molar-refractivity contribution < 1.29 is 33.3 Å². The van der Waals surface area contributed by atoms with Gasteiger partial charge in [0.1, 0.15) is 17.1 Å². The molecule has 2 rings (SSSR count). The summed E-state index contributed by atoms with van der Waals surface area (Å²) in [5.41, 5.74) is -0.0758. The first-order chi connectivity index (χ1) is 15.2. The van der Waals surface area contributed by atoms with Crippen LogP contribution in [0, 0.1) is 0 Å². The number of benzene rings is 1.